The van der Waals surface area contributed by atoms with Gasteiger partial charge in [0.15, 0.2) is 0 Å². The zero-order valence-corrected chi connectivity index (χ0v) is 12.4. The van der Waals surface area contributed by atoms with Crippen molar-refractivity contribution in [3.05, 3.63) is 53.2 Å². The Morgan fingerprint density at radius 1 is 1.17 bits per heavy atom. The van der Waals surface area contributed by atoms with Crippen LogP contribution in [0.2, 0.25) is 0 Å². The van der Waals surface area contributed by atoms with Crippen molar-refractivity contribution in [3.8, 4) is 5.88 Å². The van der Waals surface area contributed by atoms with E-state index in [0.717, 1.165) is 6.07 Å². The Hall–Kier alpha value is -2.77. The average molecular weight is 325 g/mol. The number of nitrogens with zero attached hydrogens (tertiary/aromatic N) is 1. The van der Waals surface area contributed by atoms with E-state index < -0.39 is 17.6 Å². The number of carbonyl (C=O) groups is 1. The number of carbonyl (C=O) groups excluding carboxylic acids is 1. The predicted molar refractivity (Wildman–Crippen MR) is 78.1 cm³/mol. The van der Waals surface area contributed by atoms with Crippen molar-refractivity contribution >= 4 is 11.6 Å². The van der Waals surface area contributed by atoms with E-state index in [1.54, 1.807) is 13.0 Å². The molecule has 2 rings (SSSR count). The molecular weight excluding hydrogens is 311 g/mol. The molecule has 0 aliphatic rings. The highest BCUT2D eigenvalue weighted by Gasteiger charge is 2.33. The topological polar surface area (TPSA) is 63.2 Å². The summed E-state index contributed by atoms with van der Waals surface area (Å²) in [6.45, 7) is 1.72. The molecule has 1 heterocycles. The van der Waals surface area contributed by atoms with Crippen LogP contribution in [0.25, 0.3) is 0 Å². The Morgan fingerprint density at radius 2 is 1.87 bits per heavy atom. The predicted octanol–water partition coefficient (Wildman–Crippen LogP) is 3.17. The van der Waals surface area contributed by atoms with E-state index in [1.165, 1.54) is 31.4 Å². The summed E-state index contributed by atoms with van der Waals surface area (Å²) in [5.74, 6) is -0.570. The molecule has 2 N–H and O–H groups in total. The first-order chi connectivity index (χ1) is 10.8. The molecule has 0 aliphatic heterocycles. The van der Waals surface area contributed by atoms with Crippen LogP contribution in [0, 0.1) is 6.92 Å². The lowest BCUT2D eigenvalue weighted by Crippen LogP contribution is -2.31. The molecule has 0 atom stereocenters. The first-order valence-corrected chi connectivity index (χ1v) is 6.57. The maximum Gasteiger partial charge on any atom is 0.418 e. The number of anilines is 1. The summed E-state index contributed by atoms with van der Waals surface area (Å²) in [4.78, 5) is 16.1. The van der Waals surface area contributed by atoms with E-state index in [2.05, 4.69) is 15.8 Å². The third-order valence-corrected chi connectivity index (χ3v) is 2.98. The van der Waals surface area contributed by atoms with Crippen LogP contribution in [0.15, 0.2) is 36.4 Å². The SMILES string of the molecule is COc1nc(C)ccc1C(=O)NNc1ccccc1C(F)(F)F. The zero-order chi connectivity index (χ0) is 17.0. The van der Waals surface area contributed by atoms with Gasteiger partial charge < -0.3 is 4.74 Å². The standard InChI is InChI=1S/C15H14F3N3O2/c1-9-7-8-10(14(19-9)23-2)13(22)21-20-12-6-4-3-5-11(12)15(16,17)18/h3-8,20H,1-2H3,(H,21,22). The fourth-order valence-electron chi connectivity index (χ4n) is 1.89. The van der Waals surface area contributed by atoms with Crippen molar-refractivity contribution in [1.82, 2.24) is 10.4 Å². The van der Waals surface area contributed by atoms with E-state index in [9.17, 15) is 18.0 Å². The van der Waals surface area contributed by atoms with E-state index in [4.69, 9.17) is 4.74 Å². The number of alkyl halides is 3. The van der Waals surface area contributed by atoms with Gasteiger partial charge in [-0.2, -0.15) is 13.2 Å². The molecule has 8 heteroatoms. The molecule has 0 saturated heterocycles. The maximum absolute atomic E-state index is 12.9. The first-order valence-electron chi connectivity index (χ1n) is 6.57. The smallest absolute Gasteiger partial charge is 0.418 e. The number of nitrogens with one attached hydrogen (secondary N) is 2. The van der Waals surface area contributed by atoms with Gasteiger partial charge >= 0.3 is 6.18 Å². The average Bonchev–Trinajstić information content (AvgIpc) is 2.51. The summed E-state index contributed by atoms with van der Waals surface area (Å²) < 4.78 is 43.6. The minimum Gasteiger partial charge on any atom is -0.480 e. The number of aromatic nitrogens is 1. The van der Waals surface area contributed by atoms with Crippen molar-refractivity contribution in [2.75, 3.05) is 12.5 Å². The Balaban J connectivity index is 2.18. The third kappa shape index (κ3) is 3.91. The van der Waals surface area contributed by atoms with Crippen LogP contribution in [-0.4, -0.2) is 18.0 Å². The number of para-hydroxylation sites is 1. The van der Waals surface area contributed by atoms with Crippen molar-refractivity contribution in [3.63, 3.8) is 0 Å². The molecule has 122 valence electrons. The van der Waals surface area contributed by atoms with Gasteiger partial charge in [-0.25, -0.2) is 4.98 Å². The van der Waals surface area contributed by atoms with Crippen molar-refractivity contribution in [1.29, 1.82) is 0 Å². The second kappa shape index (κ2) is 6.55. The zero-order valence-electron chi connectivity index (χ0n) is 12.4. The summed E-state index contributed by atoms with van der Waals surface area (Å²) in [5, 5.41) is 0. The number of hydrogen-bond acceptors (Lipinski definition) is 4. The van der Waals surface area contributed by atoms with E-state index in [1.807, 2.05) is 0 Å². The van der Waals surface area contributed by atoms with Crippen LogP contribution in [0.1, 0.15) is 21.6 Å². The van der Waals surface area contributed by atoms with Gasteiger partial charge in [0.2, 0.25) is 5.88 Å². The molecule has 1 aromatic carbocycles. The monoisotopic (exact) mass is 325 g/mol. The van der Waals surface area contributed by atoms with Crippen LogP contribution >= 0.6 is 0 Å². The van der Waals surface area contributed by atoms with Crippen molar-refractivity contribution in [2.45, 2.75) is 13.1 Å². The van der Waals surface area contributed by atoms with Gasteiger partial charge in [0, 0.05) is 5.69 Å². The summed E-state index contributed by atoms with van der Waals surface area (Å²) in [6, 6.07) is 7.91. The number of methoxy groups -OCH3 is 1. The second-order valence-electron chi connectivity index (χ2n) is 4.63. The van der Waals surface area contributed by atoms with Crippen LogP contribution in [-0.2, 0) is 6.18 Å². The van der Waals surface area contributed by atoms with Crippen LogP contribution in [0.4, 0.5) is 18.9 Å². The number of benzene rings is 1. The Labute approximate surface area is 130 Å². The van der Waals surface area contributed by atoms with Gasteiger partial charge in [-0.3, -0.25) is 15.6 Å². The van der Waals surface area contributed by atoms with Gasteiger partial charge in [0.25, 0.3) is 5.91 Å². The van der Waals surface area contributed by atoms with Crippen molar-refractivity contribution < 1.29 is 22.7 Å². The molecule has 0 unspecified atom stereocenters. The Kier molecular flexibility index (Phi) is 4.73. The van der Waals surface area contributed by atoms with Crippen LogP contribution in [0.3, 0.4) is 0 Å². The number of halogens is 3. The number of ether oxygens (including phenoxy) is 1. The summed E-state index contributed by atoms with van der Waals surface area (Å²) in [6.07, 6.45) is -4.53. The van der Waals surface area contributed by atoms with E-state index >= 15 is 0 Å². The van der Waals surface area contributed by atoms with E-state index in [-0.39, 0.29) is 17.1 Å². The number of amides is 1. The second-order valence-corrected chi connectivity index (χ2v) is 4.63. The maximum atomic E-state index is 12.9. The number of hydrogen-bond donors (Lipinski definition) is 2. The molecule has 1 aromatic heterocycles. The molecule has 0 bridgehead atoms. The summed E-state index contributed by atoms with van der Waals surface area (Å²) in [7, 11) is 1.35. The molecule has 2 aromatic rings. The Bertz CT molecular complexity index is 717. The van der Waals surface area contributed by atoms with Crippen molar-refractivity contribution in [2.24, 2.45) is 0 Å². The highest BCUT2D eigenvalue weighted by Crippen LogP contribution is 2.34. The third-order valence-electron chi connectivity index (χ3n) is 2.98. The highest BCUT2D eigenvalue weighted by molar-refractivity contribution is 5.97. The minimum atomic E-state index is -4.53. The van der Waals surface area contributed by atoms with Gasteiger partial charge in [-0.05, 0) is 31.2 Å². The number of rotatable bonds is 4. The number of aryl methyl sites for hydroxylation is 1. The largest absolute Gasteiger partial charge is 0.480 e. The molecule has 0 aliphatic carbocycles. The fraction of sp³-hybridized carbons (Fsp3) is 0.200. The molecule has 0 spiro atoms. The molecule has 0 saturated carbocycles. The molecule has 1 amide bonds. The van der Waals surface area contributed by atoms with E-state index in [0.29, 0.717) is 5.69 Å². The normalized spacial score (nSPS) is 11.0. The lowest BCUT2D eigenvalue weighted by molar-refractivity contribution is -0.137. The summed E-state index contributed by atoms with van der Waals surface area (Å²) >= 11 is 0. The number of hydrazine groups is 1. The van der Waals surface area contributed by atoms with Crippen LogP contribution in [0.5, 0.6) is 5.88 Å². The molecule has 0 fully saturated rings. The van der Waals surface area contributed by atoms with Crippen LogP contribution < -0.4 is 15.6 Å². The quantitative estimate of drug-likeness (QED) is 0.848. The minimum absolute atomic E-state index is 0.0911. The first kappa shape index (κ1) is 16.6. The fourth-order valence-corrected chi connectivity index (χ4v) is 1.89. The molecule has 23 heavy (non-hydrogen) atoms. The molecule has 0 radical (unpaired) electrons. The van der Waals surface area contributed by atoms with Gasteiger partial charge in [-0.15, -0.1) is 0 Å². The highest BCUT2D eigenvalue weighted by atomic mass is 19.4. The Morgan fingerprint density at radius 3 is 2.52 bits per heavy atom. The lowest BCUT2D eigenvalue weighted by Gasteiger charge is -2.15. The van der Waals surface area contributed by atoms with Gasteiger partial charge in [0.1, 0.15) is 5.56 Å². The number of pyridine rings is 1. The van der Waals surface area contributed by atoms with Gasteiger partial charge in [0.05, 0.1) is 18.4 Å². The molecule has 5 nitrogen and oxygen atoms in total. The molecular formula is C15H14F3N3O2. The lowest BCUT2D eigenvalue weighted by atomic mass is 10.2. The van der Waals surface area contributed by atoms with Gasteiger partial charge in [-0.1, -0.05) is 12.1 Å². The summed E-state index contributed by atoms with van der Waals surface area (Å²) in [5.41, 5.74) is 4.11.